The highest BCUT2D eigenvalue weighted by Gasteiger charge is 2.52. The minimum atomic E-state index is -3.58. The van der Waals surface area contributed by atoms with Crippen LogP contribution in [0.25, 0.3) is 10.9 Å². The molecule has 5 nitrogen and oxygen atoms in total. The number of aromatic amines is 1. The van der Waals surface area contributed by atoms with Gasteiger partial charge in [0, 0.05) is 66.6 Å². The summed E-state index contributed by atoms with van der Waals surface area (Å²) in [6, 6.07) is 26.3. The number of nitrogens with one attached hydrogen (secondary N) is 1. The third-order valence-electron chi connectivity index (χ3n) is 12.2. The minimum absolute atomic E-state index is 0.00980. The molecular weight excluding hydrogens is 745 g/mol. The molecule has 298 valence electrons. The summed E-state index contributed by atoms with van der Waals surface area (Å²) in [7, 11) is -3.58. The molecule has 56 heavy (non-hydrogen) atoms. The van der Waals surface area contributed by atoms with Crippen molar-refractivity contribution in [1.29, 1.82) is 0 Å². The standard InChI is InChI=1S/C44H49F6N3O2Si/c1-28-22-34-33-16-10-11-17-37(33)51-40(34)41(39-35(45)23-29(24-36(39)46)42(54)30-25-52(26-30)21-18-38(47)48)53(28)27-44(49,50)20-19-43(2,3)56(55,31-12-6-4-7-13-31)32-14-8-5-9-15-32/h4-17,23-24,28,30,38,41-42,51,54-55H,18-22,25-27H2,1-3H3/t28-,41-,42?/m1/s1. The number of para-hydroxylation sites is 1. The van der Waals surface area contributed by atoms with Crippen LogP contribution in [0.2, 0.25) is 5.04 Å². The predicted molar refractivity (Wildman–Crippen MR) is 210 cm³/mol. The number of aliphatic hydroxyl groups excluding tert-OH is 1. The molecule has 0 radical (unpaired) electrons. The molecule has 5 aromatic rings. The van der Waals surface area contributed by atoms with E-state index in [-0.39, 0.29) is 24.9 Å². The van der Waals surface area contributed by atoms with Gasteiger partial charge in [0.2, 0.25) is 6.43 Å². The molecule has 7 rings (SSSR count). The number of aromatic nitrogens is 1. The van der Waals surface area contributed by atoms with E-state index in [0.29, 0.717) is 25.2 Å². The first-order chi connectivity index (χ1) is 26.6. The van der Waals surface area contributed by atoms with Crippen LogP contribution in [0.1, 0.15) is 74.6 Å². The van der Waals surface area contributed by atoms with E-state index >= 15 is 17.6 Å². The molecule has 1 unspecified atom stereocenters. The number of alkyl halides is 4. The molecule has 0 amide bonds. The zero-order valence-electron chi connectivity index (χ0n) is 31.8. The van der Waals surface area contributed by atoms with Gasteiger partial charge in [-0.05, 0) is 64.5 Å². The Bertz CT molecular complexity index is 2060. The Morgan fingerprint density at radius 1 is 0.857 bits per heavy atom. The molecule has 1 saturated heterocycles. The Balaban J connectivity index is 1.19. The van der Waals surface area contributed by atoms with Gasteiger partial charge in [-0.2, -0.15) is 0 Å². The van der Waals surface area contributed by atoms with Crippen LogP contribution in [0.4, 0.5) is 26.3 Å². The van der Waals surface area contributed by atoms with Crippen LogP contribution in [-0.4, -0.2) is 77.6 Å². The van der Waals surface area contributed by atoms with E-state index in [4.69, 9.17) is 0 Å². The van der Waals surface area contributed by atoms with E-state index in [1.165, 1.54) is 4.90 Å². The summed E-state index contributed by atoms with van der Waals surface area (Å²) >= 11 is 0. The predicted octanol–water partition coefficient (Wildman–Crippen LogP) is 8.35. The van der Waals surface area contributed by atoms with Gasteiger partial charge >= 0.3 is 0 Å². The minimum Gasteiger partial charge on any atom is -0.424 e. The summed E-state index contributed by atoms with van der Waals surface area (Å²) < 4.78 is 91.6. The number of fused-ring (bicyclic) bond motifs is 3. The van der Waals surface area contributed by atoms with E-state index in [2.05, 4.69) is 4.98 Å². The lowest BCUT2D eigenvalue weighted by molar-refractivity contribution is -0.0615. The maximum atomic E-state index is 16.6. The molecule has 12 heteroatoms. The Hall–Kier alpha value is -3.94. The first-order valence-electron chi connectivity index (χ1n) is 19.3. The molecule has 4 aromatic carbocycles. The number of rotatable bonds is 14. The van der Waals surface area contributed by atoms with Crippen LogP contribution in [-0.2, 0) is 6.42 Å². The highest BCUT2D eigenvalue weighted by atomic mass is 28.4. The number of H-pyrrole nitrogens is 1. The van der Waals surface area contributed by atoms with Crippen molar-refractivity contribution in [2.45, 2.75) is 82.0 Å². The molecule has 3 atom stereocenters. The molecule has 3 N–H and O–H groups in total. The molecule has 0 spiro atoms. The van der Waals surface area contributed by atoms with Gasteiger partial charge < -0.3 is 19.8 Å². The van der Waals surface area contributed by atoms with Gasteiger partial charge in [0.05, 0.1) is 18.7 Å². The van der Waals surface area contributed by atoms with Crippen molar-refractivity contribution in [1.82, 2.24) is 14.8 Å². The Kier molecular flexibility index (Phi) is 11.3. The average molecular weight is 794 g/mol. The van der Waals surface area contributed by atoms with Gasteiger partial charge in [0.1, 0.15) is 11.6 Å². The molecule has 3 heterocycles. The molecule has 2 aliphatic rings. The van der Waals surface area contributed by atoms with Crippen LogP contribution in [0.3, 0.4) is 0 Å². The summed E-state index contributed by atoms with van der Waals surface area (Å²) in [5.74, 6) is -5.64. The topological polar surface area (TPSA) is 62.7 Å². The maximum Gasteiger partial charge on any atom is 0.260 e. The summed E-state index contributed by atoms with van der Waals surface area (Å²) in [6.07, 6.45) is -4.20. The van der Waals surface area contributed by atoms with Crippen molar-refractivity contribution in [2.24, 2.45) is 5.92 Å². The van der Waals surface area contributed by atoms with Gasteiger partial charge in [-0.3, -0.25) is 4.90 Å². The van der Waals surface area contributed by atoms with Crippen LogP contribution < -0.4 is 10.4 Å². The zero-order valence-corrected chi connectivity index (χ0v) is 32.8. The Morgan fingerprint density at radius 2 is 1.43 bits per heavy atom. The van der Waals surface area contributed by atoms with Crippen molar-refractivity contribution in [2.75, 3.05) is 26.2 Å². The number of aliphatic hydroxyl groups is 1. The van der Waals surface area contributed by atoms with Crippen molar-refractivity contribution in [3.8, 4) is 0 Å². The van der Waals surface area contributed by atoms with Crippen LogP contribution in [0.15, 0.2) is 97.1 Å². The molecule has 0 aliphatic carbocycles. The largest absolute Gasteiger partial charge is 0.424 e. The first-order valence-corrected chi connectivity index (χ1v) is 21.3. The van der Waals surface area contributed by atoms with E-state index in [0.717, 1.165) is 39.0 Å². The highest BCUT2D eigenvalue weighted by Crippen LogP contribution is 2.47. The van der Waals surface area contributed by atoms with E-state index in [1.807, 2.05) is 98.8 Å². The molecule has 0 saturated carbocycles. The van der Waals surface area contributed by atoms with Crippen LogP contribution >= 0.6 is 0 Å². The van der Waals surface area contributed by atoms with E-state index < -0.39 is 80.0 Å². The fourth-order valence-corrected chi connectivity index (χ4v) is 12.7. The van der Waals surface area contributed by atoms with E-state index in [1.54, 1.807) is 11.8 Å². The van der Waals surface area contributed by atoms with Crippen LogP contribution in [0.5, 0.6) is 0 Å². The fourth-order valence-electron chi connectivity index (χ4n) is 8.97. The van der Waals surface area contributed by atoms with Gasteiger partial charge in [-0.15, -0.1) is 0 Å². The lowest BCUT2D eigenvalue weighted by Gasteiger charge is -2.44. The third-order valence-corrected chi connectivity index (χ3v) is 16.8. The summed E-state index contributed by atoms with van der Waals surface area (Å²) in [6.45, 7) is 5.46. The quantitative estimate of drug-likeness (QED) is 0.0782. The molecule has 0 bridgehead atoms. The second kappa shape index (κ2) is 15.8. The summed E-state index contributed by atoms with van der Waals surface area (Å²) in [5, 5.41) is 12.4. The summed E-state index contributed by atoms with van der Waals surface area (Å²) in [5.41, 5.74) is 1.59. The monoisotopic (exact) mass is 793 g/mol. The van der Waals surface area contributed by atoms with Gasteiger partial charge in [0.25, 0.3) is 14.2 Å². The fraction of sp³-hybridized carbons (Fsp3) is 0.409. The van der Waals surface area contributed by atoms with E-state index in [9.17, 15) is 18.7 Å². The van der Waals surface area contributed by atoms with Gasteiger partial charge in [0.15, 0.2) is 0 Å². The SMILES string of the molecule is C[C@@H]1Cc2c([nH]c3ccccc23)[C@@H](c2c(F)cc(C(O)C3CN(CCC(F)F)C3)cc2F)N1CC(F)(F)CCC(C)(C)[Si](O)(c1ccccc1)c1ccccc1. The van der Waals surface area contributed by atoms with Crippen molar-refractivity contribution >= 4 is 29.6 Å². The lowest BCUT2D eigenvalue weighted by atomic mass is 9.85. The van der Waals surface area contributed by atoms with Crippen molar-refractivity contribution in [3.05, 3.63) is 131 Å². The smallest absolute Gasteiger partial charge is 0.260 e. The normalized spacial score (nSPS) is 19.4. The third kappa shape index (κ3) is 7.70. The number of hydrogen-bond donors (Lipinski definition) is 3. The summed E-state index contributed by atoms with van der Waals surface area (Å²) in [4.78, 5) is 19.1. The first kappa shape index (κ1) is 40.3. The molecular formula is C44H49F6N3O2Si. The highest BCUT2D eigenvalue weighted by molar-refractivity contribution is 6.98. The zero-order chi connectivity index (χ0) is 40.0. The van der Waals surface area contributed by atoms with Crippen molar-refractivity contribution in [3.63, 3.8) is 0 Å². The number of halogens is 6. The number of nitrogens with zero attached hydrogens (tertiary/aromatic N) is 2. The molecule has 1 fully saturated rings. The average Bonchev–Trinajstić information content (AvgIpc) is 3.52. The molecule has 1 aromatic heterocycles. The number of likely N-dealkylation sites (tertiary alicyclic amines) is 1. The number of hydrogen-bond acceptors (Lipinski definition) is 4. The molecule has 2 aliphatic heterocycles. The lowest BCUT2D eigenvalue weighted by Crippen LogP contribution is -2.65. The van der Waals surface area contributed by atoms with Gasteiger partial charge in [-0.25, -0.2) is 26.3 Å². The van der Waals surface area contributed by atoms with Crippen LogP contribution in [0, 0.1) is 17.6 Å². The Morgan fingerprint density at radius 3 is 2.02 bits per heavy atom. The Labute approximate surface area is 325 Å². The maximum absolute atomic E-state index is 16.6. The number of benzene rings is 4. The van der Waals surface area contributed by atoms with Crippen molar-refractivity contribution < 1.29 is 36.2 Å². The van der Waals surface area contributed by atoms with Gasteiger partial charge in [-0.1, -0.05) is 92.7 Å². The second-order valence-corrected chi connectivity index (χ2v) is 20.3. The second-order valence-electron chi connectivity index (χ2n) is 16.4.